The van der Waals surface area contributed by atoms with Crippen molar-refractivity contribution in [3.05, 3.63) is 53.7 Å². The van der Waals surface area contributed by atoms with Gasteiger partial charge in [0.2, 0.25) is 0 Å². The molecule has 3 aliphatic heterocycles. The van der Waals surface area contributed by atoms with E-state index in [2.05, 4.69) is 10.3 Å². The van der Waals surface area contributed by atoms with Crippen LogP contribution in [0.4, 0.5) is 0 Å². The molecule has 1 N–H and O–H groups in total. The summed E-state index contributed by atoms with van der Waals surface area (Å²) in [7, 11) is 1.96. The van der Waals surface area contributed by atoms with Crippen molar-refractivity contribution in [3.63, 3.8) is 0 Å². The molecule has 0 radical (unpaired) electrons. The summed E-state index contributed by atoms with van der Waals surface area (Å²) >= 11 is 0. The second kappa shape index (κ2) is 6.32. The molecular formula is C19H24N4O. The van der Waals surface area contributed by atoms with Gasteiger partial charge < -0.3 is 4.90 Å². The van der Waals surface area contributed by atoms with Crippen LogP contribution in [0.5, 0.6) is 0 Å². The zero-order valence-electron chi connectivity index (χ0n) is 14.1. The second-order valence-electron chi connectivity index (χ2n) is 6.81. The van der Waals surface area contributed by atoms with Crippen LogP contribution >= 0.6 is 0 Å². The van der Waals surface area contributed by atoms with Crippen LogP contribution < -0.4 is 5.43 Å². The number of allylic oxidation sites excluding steroid dienone is 2. The number of nitrogens with one attached hydrogen (secondary N) is 1. The number of rotatable bonds is 2. The second-order valence-corrected chi connectivity index (χ2v) is 6.81. The molecule has 3 heterocycles. The minimum absolute atomic E-state index is 0.163. The van der Waals surface area contributed by atoms with Gasteiger partial charge in [-0.1, -0.05) is 12.1 Å². The molecule has 24 heavy (non-hydrogen) atoms. The van der Waals surface area contributed by atoms with Crippen molar-refractivity contribution in [2.75, 3.05) is 33.2 Å². The Morgan fingerprint density at radius 1 is 1.17 bits per heavy atom. The maximum atomic E-state index is 12.8. The number of hydrogen-bond acceptors (Lipinski definition) is 4. The van der Waals surface area contributed by atoms with Crippen molar-refractivity contribution in [1.82, 2.24) is 20.2 Å². The lowest BCUT2D eigenvalue weighted by Crippen LogP contribution is -2.52. The van der Waals surface area contributed by atoms with Gasteiger partial charge in [0, 0.05) is 44.5 Å². The Kier molecular flexibility index (Phi) is 4.02. The van der Waals surface area contributed by atoms with Crippen molar-refractivity contribution in [1.29, 1.82) is 0 Å². The summed E-state index contributed by atoms with van der Waals surface area (Å²) in [6, 6.07) is 8.50. The predicted molar refractivity (Wildman–Crippen MR) is 95.0 cm³/mol. The molecule has 1 aromatic rings. The standard InChI is InChI=1S/C19H24N4O/c1-21-10-3-5-18(20-21)15-6-8-16(9-7-15)19(24)23-13-12-22-11-2-4-17(22)14-23/h3,5-10,17,20H,2,4,11-14H2,1H3/t17-/m0/s1. The Morgan fingerprint density at radius 2 is 2.00 bits per heavy atom. The van der Waals surface area contributed by atoms with E-state index in [1.165, 1.54) is 19.4 Å². The van der Waals surface area contributed by atoms with Crippen molar-refractivity contribution < 1.29 is 4.79 Å². The van der Waals surface area contributed by atoms with Crippen LogP contribution in [0.1, 0.15) is 28.8 Å². The van der Waals surface area contributed by atoms with Gasteiger partial charge in [0.1, 0.15) is 0 Å². The lowest BCUT2D eigenvalue weighted by Gasteiger charge is -2.37. The van der Waals surface area contributed by atoms with E-state index in [0.717, 1.165) is 36.5 Å². The van der Waals surface area contributed by atoms with Gasteiger partial charge >= 0.3 is 0 Å². The fourth-order valence-electron chi connectivity index (χ4n) is 3.84. The number of hydrogen-bond donors (Lipinski definition) is 1. The molecule has 2 saturated heterocycles. The molecular weight excluding hydrogens is 300 g/mol. The van der Waals surface area contributed by atoms with Crippen molar-refractivity contribution in [3.8, 4) is 0 Å². The molecule has 0 saturated carbocycles. The third-order valence-electron chi connectivity index (χ3n) is 5.19. The number of carbonyl (C=O) groups excluding carboxylic acids is 1. The van der Waals surface area contributed by atoms with Crippen LogP contribution in [0.3, 0.4) is 0 Å². The molecule has 1 atom stereocenters. The highest BCUT2D eigenvalue weighted by molar-refractivity contribution is 5.94. The third-order valence-corrected chi connectivity index (χ3v) is 5.19. The maximum Gasteiger partial charge on any atom is 0.253 e. The summed E-state index contributed by atoms with van der Waals surface area (Å²) < 4.78 is 0. The highest BCUT2D eigenvalue weighted by Crippen LogP contribution is 2.23. The van der Waals surface area contributed by atoms with Crippen molar-refractivity contribution >= 4 is 11.6 Å². The van der Waals surface area contributed by atoms with Crippen LogP contribution in [-0.4, -0.2) is 60.0 Å². The molecule has 1 amide bonds. The minimum Gasteiger partial charge on any atom is -0.336 e. The lowest BCUT2D eigenvalue weighted by atomic mass is 10.1. The van der Waals surface area contributed by atoms with Crippen LogP contribution in [0.15, 0.2) is 42.6 Å². The highest BCUT2D eigenvalue weighted by atomic mass is 16.2. The molecule has 0 unspecified atom stereocenters. The van der Waals surface area contributed by atoms with E-state index in [9.17, 15) is 4.79 Å². The van der Waals surface area contributed by atoms with Gasteiger partial charge in [0.15, 0.2) is 0 Å². The van der Waals surface area contributed by atoms with Gasteiger partial charge in [-0.05, 0) is 49.2 Å². The molecule has 4 rings (SSSR count). The first kappa shape index (κ1) is 15.3. The monoisotopic (exact) mass is 324 g/mol. The fraction of sp³-hybridized carbons (Fsp3) is 0.421. The highest BCUT2D eigenvalue weighted by Gasteiger charge is 2.32. The van der Waals surface area contributed by atoms with E-state index in [4.69, 9.17) is 0 Å². The summed E-state index contributed by atoms with van der Waals surface area (Å²) in [6.07, 6.45) is 8.50. The summed E-state index contributed by atoms with van der Waals surface area (Å²) in [5.74, 6) is 0.163. The number of nitrogens with zero attached hydrogens (tertiary/aromatic N) is 3. The Balaban J connectivity index is 1.45. The van der Waals surface area contributed by atoms with Crippen molar-refractivity contribution in [2.45, 2.75) is 18.9 Å². The Labute approximate surface area is 143 Å². The summed E-state index contributed by atoms with van der Waals surface area (Å²) in [5.41, 5.74) is 6.19. The zero-order chi connectivity index (χ0) is 16.5. The number of carbonyl (C=O) groups is 1. The van der Waals surface area contributed by atoms with Gasteiger partial charge in [0.25, 0.3) is 5.91 Å². The SMILES string of the molecule is CN1C=CC=C(c2ccc(C(=O)N3CCN4CCC[C@H]4C3)cc2)N1. The molecule has 0 bridgehead atoms. The number of fused-ring (bicyclic) bond motifs is 1. The van der Waals surface area contributed by atoms with Crippen LogP contribution in [0.25, 0.3) is 5.70 Å². The van der Waals surface area contributed by atoms with Gasteiger partial charge in [-0.3, -0.25) is 20.1 Å². The first-order valence-corrected chi connectivity index (χ1v) is 8.72. The first-order chi connectivity index (χ1) is 11.7. The molecule has 2 fully saturated rings. The average Bonchev–Trinajstić information content (AvgIpc) is 3.09. The Hall–Kier alpha value is -2.27. The van der Waals surface area contributed by atoms with Gasteiger partial charge in [0.05, 0.1) is 5.70 Å². The quantitative estimate of drug-likeness (QED) is 0.902. The van der Waals surface area contributed by atoms with E-state index in [-0.39, 0.29) is 5.91 Å². The molecule has 1 aromatic carbocycles. The van der Waals surface area contributed by atoms with Crippen molar-refractivity contribution in [2.24, 2.45) is 0 Å². The molecule has 3 aliphatic rings. The van der Waals surface area contributed by atoms with E-state index in [1.807, 2.05) is 59.6 Å². The van der Waals surface area contributed by atoms with Crippen LogP contribution in [0, 0.1) is 0 Å². The van der Waals surface area contributed by atoms with Gasteiger partial charge in [-0.15, -0.1) is 0 Å². The van der Waals surface area contributed by atoms with E-state index in [1.54, 1.807) is 0 Å². The molecule has 0 aromatic heterocycles. The van der Waals surface area contributed by atoms with E-state index in [0.29, 0.717) is 6.04 Å². The number of benzene rings is 1. The lowest BCUT2D eigenvalue weighted by molar-refractivity contribution is 0.0571. The van der Waals surface area contributed by atoms with Gasteiger partial charge in [-0.25, -0.2) is 0 Å². The van der Waals surface area contributed by atoms with Crippen LogP contribution in [-0.2, 0) is 0 Å². The summed E-state index contributed by atoms with van der Waals surface area (Å²) in [6.45, 7) is 3.94. The third kappa shape index (κ3) is 2.91. The largest absolute Gasteiger partial charge is 0.336 e. The Bertz CT molecular complexity index is 679. The van der Waals surface area contributed by atoms with Gasteiger partial charge in [-0.2, -0.15) is 0 Å². The molecule has 126 valence electrons. The number of piperazine rings is 1. The molecule has 5 nitrogen and oxygen atoms in total. The number of hydrazine groups is 1. The smallest absolute Gasteiger partial charge is 0.253 e. The minimum atomic E-state index is 0.163. The topological polar surface area (TPSA) is 38.8 Å². The van der Waals surface area contributed by atoms with E-state index >= 15 is 0 Å². The van der Waals surface area contributed by atoms with E-state index < -0.39 is 0 Å². The maximum absolute atomic E-state index is 12.8. The molecule has 0 aliphatic carbocycles. The average molecular weight is 324 g/mol. The first-order valence-electron chi connectivity index (χ1n) is 8.72. The normalized spacial score (nSPS) is 23.7. The summed E-state index contributed by atoms with van der Waals surface area (Å²) in [5, 5.41) is 1.91. The zero-order valence-corrected chi connectivity index (χ0v) is 14.1. The van der Waals surface area contributed by atoms with Crippen LogP contribution in [0.2, 0.25) is 0 Å². The fourth-order valence-corrected chi connectivity index (χ4v) is 3.84. The summed E-state index contributed by atoms with van der Waals surface area (Å²) in [4.78, 5) is 17.3. The predicted octanol–water partition coefficient (Wildman–Crippen LogP) is 1.91. The molecule has 0 spiro atoms. The molecule has 5 heteroatoms. The number of amides is 1. The Morgan fingerprint density at radius 3 is 2.79 bits per heavy atom.